The smallest absolute Gasteiger partial charge is 0.176 e. The molecule has 0 radical (unpaired) electrons. The molecule has 1 aromatic rings. The van der Waals surface area contributed by atoms with Crippen LogP contribution in [0.15, 0.2) is 48.7 Å². The van der Waals surface area contributed by atoms with Crippen molar-refractivity contribution in [3.05, 3.63) is 54.2 Å². The van der Waals surface area contributed by atoms with Gasteiger partial charge in [-0.25, -0.2) is 0 Å². The molecule has 1 aliphatic heterocycles. The molecule has 0 aromatic heterocycles. The van der Waals surface area contributed by atoms with Gasteiger partial charge in [-0.15, -0.1) is 0 Å². The maximum absolute atomic E-state index is 5.34. The van der Waals surface area contributed by atoms with Crippen LogP contribution in [0.1, 0.15) is 5.56 Å². The van der Waals surface area contributed by atoms with E-state index in [1.807, 2.05) is 36.4 Å². The van der Waals surface area contributed by atoms with Crippen molar-refractivity contribution in [2.24, 2.45) is 0 Å². The van der Waals surface area contributed by atoms with Crippen LogP contribution in [-0.4, -0.2) is 0 Å². The molecule has 0 spiro atoms. The van der Waals surface area contributed by atoms with Gasteiger partial charge < -0.3 is 4.18 Å². The minimum absolute atomic E-state index is 0.842. The molecule has 2 nitrogen and oxygen atoms in total. The quantitative estimate of drug-likeness (QED) is 0.544. The number of rotatable bonds is 1. The van der Waals surface area contributed by atoms with Crippen molar-refractivity contribution < 1.29 is 4.18 Å². The number of hydrogen-bond acceptors (Lipinski definition) is 3. The van der Waals surface area contributed by atoms with Gasteiger partial charge >= 0.3 is 0 Å². The Morgan fingerprint density at radius 1 is 1.23 bits per heavy atom. The SMILES string of the molecule is C=C1C=C(c2ccccc2)OSN1. The standard InChI is InChI=1S/C10H9NOS/c1-8-7-10(12-13-11-8)9-5-3-2-4-6-9/h2-7,11H,1H2. The summed E-state index contributed by atoms with van der Waals surface area (Å²) in [5, 5.41) is 0. The lowest BCUT2D eigenvalue weighted by atomic mass is 10.2. The van der Waals surface area contributed by atoms with Crippen molar-refractivity contribution in [1.82, 2.24) is 4.72 Å². The van der Waals surface area contributed by atoms with Gasteiger partial charge in [-0.3, -0.25) is 4.72 Å². The second kappa shape index (κ2) is 3.58. The zero-order chi connectivity index (χ0) is 9.10. The maximum atomic E-state index is 5.34. The van der Waals surface area contributed by atoms with Gasteiger partial charge in [0.1, 0.15) is 5.76 Å². The molecule has 66 valence electrons. The van der Waals surface area contributed by atoms with Gasteiger partial charge in [0.25, 0.3) is 0 Å². The largest absolute Gasteiger partial charge is 0.405 e. The van der Waals surface area contributed by atoms with Crippen LogP contribution in [-0.2, 0) is 4.18 Å². The van der Waals surface area contributed by atoms with Gasteiger partial charge in [-0.05, 0) is 0 Å². The maximum Gasteiger partial charge on any atom is 0.176 e. The first-order valence-corrected chi connectivity index (χ1v) is 4.66. The Morgan fingerprint density at radius 3 is 2.69 bits per heavy atom. The van der Waals surface area contributed by atoms with E-state index in [4.69, 9.17) is 4.18 Å². The summed E-state index contributed by atoms with van der Waals surface area (Å²) in [5.41, 5.74) is 1.92. The molecule has 1 heterocycles. The normalized spacial score (nSPS) is 15.7. The van der Waals surface area contributed by atoms with Crippen molar-refractivity contribution in [3.8, 4) is 0 Å². The van der Waals surface area contributed by atoms with E-state index in [1.54, 1.807) is 0 Å². The Hall–Kier alpha value is -1.35. The van der Waals surface area contributed by atoms with E-state index in [-0.39, 0.29) is 0 Å². The molecule has 0 unspecified atom stereocenters. The van der Waals surface area contributed by atoms with Crippen LogP contribution < -0.4 is 4.72 Å². The topological polar surface area (TPSA) is 21.3 Å². The highest BCUT2D eigenvalue weighted by Crippen LogP contribution is 2.25. The fraction of sp³-hybridized carbons (Fsp3) is 0. The first-order valence-electron chi connectivity index (χ1n) is 3.92. The molecule has 3 heteroatoms. The highest BCUT2D eigenvalue weighted by atomic mass is 32.2. The van der Waals surface area contributed by atoms with Crippen molar-refractivity contribution in [3.63, 3.8) is 0 Å². The molecular weight excluding hydrogens is 182 g/mol. The lowest BCUT2D eigenvalue weighted by molar-refractivity contribution is 0.590. The molecule has 0 fully saturated rings. The van der Waals surface area contributed by atoms with Crippen LogP contribution >= 0.6 is 12.2 Å². The van der Waals surface area contributed by atoms with E-state index in [2.05, 4.69) is 11.3 Å². The Labute approximate surface area is 81.6 Å². The third-order valence-corrected chi connectivity index (χ3v) is 2.28. The predicted octanol–water partition coefficient (Wildman–Crippen LogP) is 2.72. The van der Waals surface area contributed by atoms with Gasteiger partial charge in [-0.1, -0.05) is 36.9 Å². The van der Waals surface area contributed by atoms with Crippen LogP contribution in [0.25, 0.3) is 5.76 Å². The third-order valence-electron chi connectivity index (χ3n) is 1.67. The van der Waals surface area contributed by atoms with E-state index in [0.717, 1.165) is 17.0 Å². The minimum Gasteiger partial charge on any atom is -0.405 e. The molecular formula is C10H9NOS. The van der Waals surface area contributed by atoms with Crippen molar-refractivity contribution in [2.75, 3.05) is 0 Å². The van der Waals surface area contributed by atoms with Crippen molar-refractivity contribution >= 4 is 18.0 Å². The molecule has 0 aliphatic carbocycles. The Balaban J connectivity index is 2.31. The molecule has 0 amide bonds. The first kappa shape index (κ1) is 8.26. The van der Waals surface area contributed by atoms with Crippen LogP contribution in [0.5, 0.6) is 0 Å². The van der Waals surface area contributed by atoms with Gasteiger partial charge in [0.15, 0.2) is 12.2 Å². The number of hydrogen-bond donors (Lipinski definition) is 1. The van der Waals surface area contributed by atoms with Crippen molar-refractivity contribution in [2.45, 2.75) is 0 Å². The third kappa shape index (κ3) is 1.87. The number of nitrogens with one attached hydrogen (secondary N) is 1. The van der Waals surface area contributed by atoms with Crippen LogP contribution in [0.4, 0.5) is 0 Å². The van der Waals surface area contributed by atoms with E-state index in [9.17, 15) is 0 Å². The van der Waals surface area contributed by atoms with E-state index < -0.39 is 0 Å². The predicted molar refractivity (Wildman–Crippen MR) is 55.4 cm³/mol. The number of allylic oxidation sites excluding steroid dienone is 1. The lowest BCUT2D eigenvalue weighted by Gasteiger charge is -2.15. The fourth-order valence-corrected chi connectivity index (χ4v) is 1.51. The first-order chi connectivity index (χ1) is 6.36. The zero-order valence-electron chi connectivity index (χ0n) is 6.99. The highest BCUT2D eigenvalue weighted by molar-refractivity contribution is 7.93. The van der Waals surface area contributed by atoms with Gasteiger partial charge in [-0.2, -0.15) is 0 Å². The molecule has 0 saturated carbocycles. The summed E-state index contributed by atoms with van der Waals surface area (Å²) in [5.74, 6) is 0.842. The molecule has 0 atom stereocenters. The summed E-state index contributed by atoms with van der Waals surface area (Å²) in [6.45, 7) is 3.80. The van der Waals surface area contributed by atoms with Gasteiger partial charge in [0, 0.05) is 17.3 Å². The molecule has 1 N–H and O–H groups in total. The Kier molecular flexibility index (Phi) is 2.27. The Bertz CT molecular complexity index is 345. The molecule has 13 heavy (non-hydrogen) atoms. The Morgan fingerprint density at radius 2 is 2.00 bits per heavy atom. The van der Waals surface area contributed by atoms with Gasteiger partial charge in [0.05, 0.1) is 0 Å². The molecule has 1 aromatic carbocycles. The monoisotopic (exact) mass is 191 g/mol. The summed E-state index contributed by atoms with van der Waals surface area (Å²) in [6.07, 6.45) is 1.88. The summed E-state index contributed by atoms with van der Waals surface area (Å²) in [7, 11) is 0. The summed E-state index contributed by atoms with van der Waals surface area (Å²) in [6, 6.07) is 9.95. The van der Waals surface area contributed by atoms with Crippen LogP contribution in [0, 0.1) is 0 Å². The fourth-order valence-electron chi connectivity index (χ4n) is 1.06. The molecule has 0 saturated heterocycles. The number of benzene rings is 1. The van der Waals surface area contributed by atoms with E-state index in [1.165, 1.54) is 12.2 Å². The minimum atomic E-state index is 0.842. The average Bonchev–Trinajstić information content (AvgIpc) is 2.19. The summed E-state index contributed by atoms with van der Waals surface area (Å²) < 4.78 is 8.25. The van der Waals surface area contributed by atoms with E-state index in [0.29, 0.717) is 0 Å². The van der Waals surface area contributed by atoms with Crippen LogP contribution in [0.3, 0.4) is 0 Å². The average molecular weight is 191 g/mol. The lowest BCUT2D eigenvalue weighted by Crippen LogP contribution is -2.06. The summed E-state index contributed by atoms with van der Waals surface area (Å²) in [4.78, 5) is 0. The van der Waals surface area contributed by atoms with E-state index >= 15 is 0 Å². The second-order valence-electron chi connectivity index (χ2n) is 2.67. The molecule has 1 aliphatic rings. The highest BCUT2D eigenvalue weighted by Gasteiger charge is 2.08. The molecule has 2 rings (SSSR count). The molecule has 0 bridgehead atoms. The van der Waals surface area contributed by atoms with Crippen LogP contribution in [0.2, 0.25) is 0 Å². The van der Waals surface area contributed by atoms with Crippen molar-refractivity contribution in [1.29, 1.82) is 0 Å². The zero-order valence-corrected chi connectivity index (χ0v) is 7.80. The second-order valence-corrected chi connectivity index (χ2v) is 3.21. The summed E-state index contributed by atoms with van der Waals surface area (Å²) >= 11 is 1.19. The van der Waals surface area contributed by atoms with Gasteiger partial charge in [0.2, 0.25) is 0 Å².